The molecule has 70 valence electrons. The lowest BCUT2D eigenvalue weighted by atomic mass is 9.83. The van der Waals surface area contributed by atoms with E-state index in [1.807, 2.05) is 0 Å². The van der Waals surface area contributed by atoms with Crippen LogP contribution >= 0.6 is 0 Å². The highest BCUT2D eigenvalue weighted by Gasteiger charge is 2.15. The molecule has 0 nitrogen and oxygen atoms in total. The van der Waals surface area contributed by atoms with Crippen LogP contribution in [0.25, 0.3) is 0 Å². The highest BCUT2D eigenvalue weighted by molar-refractivity contribution is 4.94. The third-order valence-corrected chi connectivity index (χ3v) is 3.04. The molecule has 0 aromatic rings. The van der Waals surface area contributed by atoms with Gasteiger partial charge in [0.25, 0.3) is 0 Å². The summed E-state index contributed by atoms with van der Waals surface area (Å²) >= 11 is 0. The zero-order valence-electron chi connectivity index (χ0n) is 8.55. The van der Waals surface area contributed by atoms with Crippen LogP contribution in [-0.2, 0) is 0 Å². The topological polar surface area (TPSA) is 0 Å². The van der Waals surface area contributed by atoms with E-state index in [0.29, 0.717) is 0 Å². The van der Waals surface area contributed by atoms with E-state index in [-0.39, 0.29) is 0 Å². The predicted octanol–water partition coefficient (Wildman–Crippen LogP) is 4.17. The predicted molar refractivity (Wildman–Crippen MR) is 55.2 cm³/mol. The highest BCUT2D eigenvalue weighted by atomic mass is 14.2. The van der Waals surface area contributed by atoms with E-state index in [0.717, 1.165) is 11.8 Å². The first kappa shape index (κ1) is 9.83. The van der Waals surface area contributed by atoms with Crippen molar-refractivity contribution in [1.29, 1.82) is 0 Å². The Morgan fingerprint density at radius 2 is 2.33 bits per heavy atom. The van der Waals surface area contributed by atoms with Crippen molar-refractivity contribution in [2.75, 3.05) is 0 Å². The van der Waals surface area contributed by atoms with E-state index in [1.165, 1.54) is 38.5 Å². The largest absolute Gasteiger partial charge is 0.0882 e. The van der Waals surface area contributed by atoms with Gasteiger partial charge in [-0.15, -0.1) is 0 Å². The lowest BCUT2D eigenvalue weighted by Crippen LogP contribution is -2.11. The first-order valence-corrected chi connectivity index (χ1v) is 5.51. The van der Waals surface area contributed by atoms with E-state index in [1.54, 1.807) is 0 Å². The van der Waals surface area contributed by atoms with Gasteiger partial charge < -0.3 is 0 Å². The molecule has 0 aromatic heterocycles. The monoisotopic (exact) mass is 166 g/mol. The van der Waals surface area contributed by atoms with Crippen LogP contribution in [0, 0.1) is 11.8 Å². The molecule has 0 fully saturated rings. The Kier molecular flexibility index (Phi) is 4.42. The van der Waals surface area contributed by atoms with Gasteiger partial charge in [0, 0.05) is 0 Å². The van der Waals surface area contributed by atoms with Crippen molar-refractivity contribution in [2.45, 2.75) is 52.4 Å². The lowest BCUT2D eigenvalue weighted by molar-refractivity contribution is 0.355. The fraction of sp³-hybridized carbons (Fsp3) is 0.833. The van der Waals surface area contributed by atoms with E-state index in [9.17, 15) is 0 Å². The SMILES string of the molecule is CCCC[C@@H](C)[C@H]1C=CCCC1. The minimum Gasteiger partial charge on any atom is -0.0882 e. The standard InChI is InChI=1S/C12H22/c1-3-4-8-11(2)12-9-6-5-7-10-12/h6,9,11-12H,3-5,7-8,10H2,1-2H3/t11-,12+/m1/s1. The highest BCUT2D eigenvalue weighted by Crippen LogP contribution is 2.27. The van der Waals surface area contributed by atoms with Gasteiger partial charge >= 0.3 is 0 Å². The maximum atomic E-state index is 2.45. The summed E-state index contributed by atoms with van der Waals surface area (Å²) in [6, 6.07) is 0. The van der Waals surface area contributed by atoms with Crippen molar-refractivity contribution >= 4 is 0 Å². The summed E-state index contributed by atoms with van der Waals surface area (Å²) in [7, 11) is 0. The van der Waals surface area contributed by atoms with E-state index in [2.05, 4.69) is 26.0 Å². The Morgan fingerprint density at radius 3 is 2.92 bits per heavy atom. The Labute approximate surface area is 77.1 Å². The molecule has 0 bridgehead atoms. The maximum Gasteiger partial charge on any atom is -0.0208 e. The molecule has 0 N–H and O–H groups in total. The molecule has 0 unspecified atom stereocenters. The zero-order chi connectivity index (χ0) is 8.81. The van der Waals surface area contributed by atoms with Crippen molar-refractivity contribution < 1.29 is 0 Å². The molecule has 0 aromatic carbocycles. The molecule has 2 atom stereocenters. The molecule has 0 saturated carbocycles. The van der Waals surface area contributed by atoms with Gasteiger partial charge in [0.15, 0.2) is 0 Å². The molecule has 12 heavy (non-hydrogen) atoms. The summed E-state index contributed by atoms with van der Waals surface area (Å²) < 4.78 is 0. The molecule has 1 aliphatic rings. The van der Waals surface area contributed by atoms with E-state index >= 15 is 0 Å². The normalized spacial score (nSPS) is 25.7. The minimum atomic E-state index is 0.894. The second-order valence-corrected chi connectivity index (χ2v) is 4.14. The maximum absolute atomic E-state index is 2.45. The van der Waals surface area contributed by atoms with Crippen LogP contribution in [0.5, 0.6) is 0 Å². The summed E-state index contributed by atoms with van der Waals surface area (Å²) in [5.41, 5.74) is 0. The Bertz CT molecular complexity index is 135. The minimum absolute atomic E-state index is 0.894. The van der Waals surface area contributed by atoms with Crippen molar-refractivity contribution in [3.63, 3.8) is 0 Å². The van der Waals surface area contributed by atoms with Gasteiger partial charge in [-0.05, 0) is 31.1 Å². The molecular formula is C12H22. The molecular weight excluding hydrogens is 144 g/mol. The van der Waals surface area contributed by atoms with Crippen molar-refractivity contribution in [2.24, 2.45) is 11.8 Å². The second-order valence-electron chi connectivity index (χ2n) is 4.14. The average molecular weight is 166 g/mol. The molecule has 0 radical (unpaired) electrons. The van der Waals surface area contributed by atoms with E-state index < -0.39 is 0 Å². The van der Waals surface area contributed by atoms with Crippen LogP contribution in [0.4, 0.5) is 0 Å². The van der Waals surface area contributed by atoms with Crippen molar-refractivity contribution in [3.8, 4) is 0 Å². The molecule has 1 rings (SSSR count). The molecule has 0 saturated heterocycles. The number of rotatable bonds is 4. The third-order valence-electron chi connectivity index (χ3n) is 3.04. The quantitative estimate of drug-likeness (QED) is 0.550. The van der Waals surface area contributed by atoms with Crippen LogP contribution in [0.3, 0.4) is 0 Å². The molecule has 1 aliphatic carbocycles. The average Bonchev–Trinajstić information content (AvgIpc) is 2.15. The van der Waals surface area contributed by atoms with Crippen LogP contribution in [-0.4, -0.2) is 0 Å². The van der Waals surface area contributed by atoms with Gasteiger partial charge in [-0.1, -0.05) is 45.3 Å². The van der Waals surface area contributed by atoms with Crippen LogP contribution in [0.15, 0.2) is 12.2 Å². The van der Waals surface area contributed by atoms with Crippen LogP contribution < -0.4 is 0 Å². The van der Waals surface area contributed by atoms with Gasteiger partial charge in [-0.25, -0.2) is 0 Å². The molecule has 0 amide bonds. The summed E-state index contributed by atoms with van der Waals surface area (Å²) in [6.45, 7) is 4.69. The summed E-state index contributed by atoms with van der Waals surface area (Å²) in [5, 5.41) is 0. The van der Waals surface area contributed by atoms with E-state index in [4.69, 9.17) is 0 Å². The van der Waals surface area contributed by atoms with Gasteiger partial charge in [-0.3, -0.25) is 0 Å². The lowest BCUT2D eigenvalue weighted by Gasteiger charge is -2.23. The first-order chi connectivity index (χ1) is 5.84. The summed E-state index contributed by atoms with van der Waals surface area (Å²) in [6.07, 6.45) is 13.2. The van der Waals surface area contributed by atoms with Gasteiger partial charge in [0.1, 0.15) is 0 Å². The summed E-state index contributed by atoms with van der Waals surface area (Å²) in [4.78, 5) is 0. The number of unbranched alkanes of at least 4 members (excludes halogenated alkanes) is 1. The molecule has 0 aliphatic heterocycles. The zero-order valence-corrected chi connectivity index (χ0v) is 8.55. The fourth-order valence-corrected chi connectivity index (χ4v) is 2.05. The van der Waals surface area contributed by atoms with Gasteiger partial charge in [0.2, 0.25) is 0 Å². The number of hydrogen-bond donors (Lipinski definition) is 0. The molecule has 0 spiro atoms. The number of hydrogen-bond acceptors (Lipinski definition) is 0. The van der Waals surface area contributed by atoms with Crippen LogP contribution in [0.1, 0.15) is 52.4 Å². The first-order valence-electron chi connectivity index (χ1n) is 5.51. The number of allylic oxidation sites excluding steroid dienone is 2. The Hall–Kier alpha value is -0.260. The second kappa shape index (κ2) is 5.40. The Morgan fingerprint density at radius 1 is 1.50 bits per heavy atom. The van der Waals surface area contributed by atoms with Crippen molar-refractivity contribution in [1.82, 2.24) is 0 Å². The summed E-state index contributed by atoms with van der Waals surface area (Å²) in [5.74, 6) is 1.81. The molecule has 0 heterocycles. The van der Waals surface area contributed by atoms with Gasteiger partial charge in [-0.2, -0.15) is 0 Å². The fourth-order valence-electron chi connectivity index (χ4n) is 2.05. The Balaban J connectivity index is 2.25. The van der Waals surface area contributed by atoms with Crippen LogP contribution in [0.2, 0.25) is 0 Å². The smallest absolute Gasteiger partial charge is 0.0208 e. The third kappa shape index (κ3) is 3.00. The van der Waals surface area contributed by atoms with Gasteiger partial charge in [0.05, 0.1) is 0 Å². The van der Waals surface area contributed by atoms with Crippen molar-refractivity contribution in [3.05, 3.63) is 12.2 Å². The molecule has 0 heteroatoms.